The van der Waals surface area contributed by atoms with Crippen molar-refractivity contribution in [1.29, 1.82) is 0 Å². The minimum absolute atomic E-state index is 0.0205. The lowest BCUT2D eigenvalue weighted by Gasteiger charge is -2.19. The second kappa shape index (κ2) is 6.45. The highest BCUT2D eigenvalue weighted by Crippen LogP contribution is 2.36. The van der Waals surface area contributed by atoms with Crippen LogP contribution in [0.5, 0.6) is 0 Å². The first kappa shape index (κ1) is 15.1. The molecule has 0 heterocycles. The number of benzene rings is 1. The number of nitrogens with one attached hydrogen (secondary N) is 2. The summed E-state index contributed by atoms with van der Waals surface area (Å²) in [5, 5.41) is 5.46. The maximum absolute atomic E-state index is 12.0. The van der Waals surface area contributed by atoms with Crippen molar-refractivity contribution in [2.75, 3.05) is 6.54 Å². The van der Waals surface area contributed by atoms with Gasteiger partial charge in [0.15, 0.2) is 0 Å². The second-order valence-corrected chi connectivity index (χ2v) is 5.59. The van der Waals surface area contributed by atoms with Gasteiger partial charge in [0.1, 0.15) is 6.42 Å². The SMILES string of the molecule is C#CCNC(=O)CC(=O)N[C@@H]1c2cc(C)ccc2C[C@@H]1C. The average Bonchev–Trinajstić information content (AvgIpc) is 2.72. The van der Waals surface area contributed by atoms with Gasteiger partial charge in [0, 0.05) is 0 Å². The lowest BCUT2D eigenvalue weighted by atomic mass is 10.0. The molecule has 0 saturated carbocycles. The Morgan fingerprint density at radius 1 is 1.38 bits per heavy atom. The molecule has 2 atom stereocenters. The second-order valence-electron chi connectivity index (χ2n) is 5.59. The lowest BCUT2D eigenvalue weighted by molar-refractivity contribution is -0.129. The van der Waals surface area contributed by atoms with Gasteiger partial charge in [-0.2, -0.15) is 0 Å². The molecular weight excluding hydrogens is 264 g/mol. The van der Waals surface area contributed by atoms with E-state index in [1.807, 2.05) is 6.92 Å². The summed E-state index contributed by atoms with van der Waals surface area (Å²) in [4.78, 5) is 23.5. The van der Waals surface area contributed by atoms with E-state index in [4.69, 9.17) is 6.42 Å². The van der Waals surface area contributed by atoms with E-state index in [1.165, 1.54) is 16.7 Å². The molecule has 1 aliphatic carbocycles. The molecule has 0 saturated heterocycles. The number of terminal acetylenes is 1. The van der Waals surface area contributed by atoms with Crippen LogP contribution in [0.1, 0.15) is 36.1 Å². The number of amides is 2. The van der Waals surface area contributed by atoms with E-state index in [-0.39, 0.29) is 30.8 Å². The first-order valence-corrected chi connectivity index (χ1v) is 7.10. The van der Waals surface area contributed by atoms with Crippen LogP contribution in [0, 0.1) is 25.2 Å². The highest BCUT2D eigenvalue weighted by molar-refractivity contribution is 5.97. The Labute approximate surface area is 125 Å². The van der Waals surface area contributed by atoms with E-state index in [2.05, 4.69) is 41.7 Å². The van der Waals surface area contributed by atoms with Crippen molar-refractivity contribution in [2.24, 2.45) is 5.92 Å². The normalized spacial score (nSPS) is 19.5. The third kappa shape index (κ3) is 3.63. The molecular formula is C17H20N2O2. The van der Waals surface area contributed by atoms with E-state index in [1.54, 1.807) is 0 Å². The van der Waals surface area contributed by atoms with Crippen molar-refractivity contribution >= 4 is 11.8 Å². The molecule has 1 aromatic rings. The molecule has 1 aromatic carbocycles. The van der Waals surface area contributed by atoms with Crippen LogP contribution in [0.4, 0.5) is 0 Å². The van der Waals surface area contributed by atoms with E-state index in [0.717, 1.165) is 6.42 Å². The van der Waals surface area contributed by atoms with Gasteiger partial charge in [0.25, 0.3) is 0 Å². The number of hydrogen-bond donors (Lipinski definition) is 2. The molecule has 110 valence electrons. The molecule has 2 rings (SSSR count). The Balaban J connectivity index is 2.00. The van der Waals surface area contributed by atoms with Crippen molar-refractivity contribution in [2.45, 2.75) is 32.7 Å². The van der Waals surface area contributed by atoms with Crippen molar-refractivity contribution in [3.8, 4) is 12.3 Å². The first-order valence-electron chi connectivity index (χ1n) is 7.10. The predicted octanol–water partition coefficient (Wildman–Crippen LogP) is 1.48. The number of fused-ring (bicyclic) bond motifs is 1. The summed E-state index contributed by atoms with van der Waals surface area (Å²) in [5.74, 6) is 2.03. The van der Waals surface area contributed by atoms with Crippen LogP contribution >= 0.6 is 0 Å². The smallest absolute Gasteiger partial charge is 0.230 e. The lowest BCUT2D eigenvalue weighted by Crippen LogP contribution is -2.35. The average molecular weight is 284 g/mol. The summed E-state index contributed by atoms with van der Waals surface area (Å²) in [6, 6.07) is 6.30. The van der Waals surface area contributed by atoms with E-state index in [0.29, 0.717) is 5.92 Å². The van der Waals surface area contributed by atoms with Crippen molar-refractivity contribution in [1.82, 2.24) is 10.6 Å². The summed E-state index contributed by atoms with van der Waals surface area (Å²) < 4.78 is 0. The highest BCUT2D eigenvalue weighted by atomic mass is 16.2. The third-order valence-corrected chi connectivity index (χ3v) is 3.77. The predicted molar refractivity (Wildman–Crippen MR) is 81.4 cm³/mol. The number of carbonyl (C=O) groups excluding carboxylic acids is 2. The van der Waals surface area contributed by atoms with Gasteiger partial charge in [0.2, 0.25) is 11.8 Å². The highest BCUT2D eigenvalue weighted by Gasteiger charge is 2.30. The summed E-state index contributed by atoms with van der Waals surface area (Å²) >= 11 is 0. The van der Waals surface area contributed by atoms with Gasteiger partial charge in [-0.3, -0.25) is 9.59 Å². The van der Waals surface area contributed by atoms with Crippen LogP contribution in [-0.2, 0) is 16.0 Å². The summed E-state index contributed by atoms with van der Waals surface area (Å²) in [5.41, 5.74) is 3.61. The fraction of sp³-hybridized carbons (Fsp3) is 0.412. The van der Waals surface area contributed by atoms with Gasteiger partial charge in [-0.15, -0.1) is 6.42 Å². The molecule has 2 N–H and O–H groups in total. The maximum atomic E-state index is 12.0. The Bertz CT molecular complexity index is 601. The Kier molecular flexibility index (Phi) is 4.64. The number of aryl methyl sites for hydroxylation is 1. The van der Waals surface area contributed by atoms with Crippen molar-refractivity contribution in [3.63, 3.8) is 0 Å². The van der Waals surface area contributed by atoms with Crippen molar-refractivity contribution in [3.05, 3.63) is 34.9 Å². The molecule has 0 fully saturated rings. The van der Waals surface area contributed by atoms with Crippen LogP contribution in [-0.4, -0.2) is 18.4 Å². The summed E-state index contributed by atoms with van der Waals surface area (Å²) in [6.07, 6.45) is 5.82. The van der Waals surface area contributed by atoms with Gasteiger partial charge >= 0.3 is 0 Å². The number of hydrogen-bond acceptors (Lipinski definition) is 2. The quantitative estimate of drug-likeness (QED) is 0.650. The molecule has 21 heavy (non-hydrogen) atoms. The minimum Gasteiger partial charge on any atom is -0.349 e. The van der Waals surface area contributed by atoms with Gasteiger partial charge in [-0.1, -0.05) is 36.6 Å². The maximum Gasteiger partial charge on any atom is 0.230 e. The van der Waals surface area contributed by atoms with Gasteiger partial charge in [-0.05, 0) is 30.4 Å². The largest absolute Gasteiger partial charge is 0.349 e. The monoisotopic (exact) mass is 284 g/mol. The Morgan fingerprint density at radius 3 is 2.86 bits per heavy atom. The fourth-order valence-electron chi connectivity index (χ4n) is 2.76. The van der Waals surface area contributed by atoms with Crippen LogP contribution in [0.2, 0.25) is 0 Å². The molecule has 0 unspecified atom stereocenters. The molecule has 4 nitrogen and oxygen atoms in total. The Hall–Kier alpha value is -2.28. The number of rotatable bonds is 4. The van der Waals surface area contributed by atoms with Gasteiger partial charge < -0.3 is 10.6 Å². The molecule has 1 aliphatic rings. The van der Waals surface area contributed by atoms with Gasteiger partial charge in [-0.25, -0.2) is 0 Å². The minimum atomic E-state index is -0.347. The summed E-state index contributed by atoms with van der Waals surface area (Å²) in [7, 11) is 0. The molecule has 0 bridgehead atoms. The van der Waals surface area contributed by atoms with Gasteiger partial charge in [0.05, 0.1) is 12.6 Å². The molecule has 2 amide bonds. The Morgan fingerprint density at radius 2 is 2.14 bits per heavy atom. The van der Waals surface area contributed by atoms with Crippen LogP contribution in [0.25, 0.3) is 0 Å². The zero-order valence-corrected chi connectivity index (χ0v) is 12.4. The van der Waals surface area contributed by atoms with E-state index in [9.17, 15) is 9.59 Å². The molecule has 4 heteroatoms. The molecule has 0 aliphatic heterocycles. The molecule has 0 spiro atoms. The van der Waals surface area contributed by atoms with E-state index < -0.39 is 0 Å². The first-order chi connectivity index (χ1) is 10.0. The van der Waals surface area contributed by atoms with Crippen LogP contribution in [0.15, 0.2) is 18.2 Å². The standard InChI is InChI=1S/C17H20N2O2/c1-4-7-18-15(20)10-16(21)19-17-12(3)9-13-6-5-11(2)8-14(13)17/h1,5-6,8,12,17H,7,9-10H2,2-3H3,(H,18,20)(H,19,21)/t12-,17-/m0/s1. The van der Waals surface area contributed by atoms with Crippen LogP contribution < -0.4 is 10.6 Å². The van der Waals surface area contributed by atoms with E-state index >= 15 is 0 Å². The van der Waals surface area contributed by atoms with Crippen LogP contribution in [0.3, 0.4) is 0 Å². The molecule has 0 radical (unpaired) electrons. The molecule has 0 aromatic heterocycles. The van der Waals surface area contributed by atoms with Crippen molar-refractivity contribution < 1.29 is 9.59 Å². The topological polar surface area (TPSA) is 58.2 Å². The fourth-order valence-corrected chi connectivity index (χ4v) is 2.76. The number of carbonyl (C=O) groups is 2. The zero-order chi connectivity index (χ0) is 15.4. The summed E-state index contributed by atoms with van der Waals surface area (Å²) in [6.45, 7) is 4.29. The third-order valence-electron chi connectivity index (χ3n) is 3.77. The zero-order valence-electron chi connectivity index (χ0n) is 12.4.